The van der Waals surface area contributed by atoms with Gasteiger partial charge in [0.15, 0.2) is 0 Å². The van der Waals surface area contributed by atoms with Gasteiger partial charge in [0.25, 0.3) is 0 Å². The maximum absolute atomic E-state index is 10.9. The van der Waals surface area contributed by atoms with Crippen molar-refractivity contribution in [3.05, 3.63) is 17.7 Å². The number of carbonyl (C=O) groups excluding carboxylic acids is 2. The van der Waals surface area contributed by atoms with Gasteiger partial charge >= 0.3 is 59.1 Å². The van der Waals surface area contributed by atoms with Crippen LogP contribution in [0.25, 0.3) is 0 Å². The number of rotatable bonds is 5. The first-order valence-electron chi connectivity index (χ1n) is 5.34. The number of imidazole rings is 1. The van der Waals surface area contributed by atoms with E-state index in [-0.39, 0.29) is 77.9 Å². The van der Waals surface area contributed by atoms with E-state index in [1.54, 1.807) is 0 Å². The molecular weight excluding hydrogens is 286 g/mol. The summed E-state index contributed by atoms with van der Waals surface area (Å²) in [4.78, 5) is 25.0. The summed E-state index contributed by atoms with van der Waals surface area (Å²) in [5, 5.41) is 21.5. The number of carboxylic acid groups (broad SMARTS) is 2. The Morgan fingerprint density at radius 3 is 2.20 bits per heavy atom. The fourth-order valence-corrected chi connectivity index (χ4v) is 1.37. The summed E-state index contributed by atoms with van der Waals surface area (Å²) < 4.78 is 6.57. The minimum Gasteiger partial charge on any atom is -0.543 e. The summed E-state index contributed by atoms with van der Waals surface area (Å²) in [6.45, 7) is 5.96. The van der Waals surface area contributed by atoms with E-state index in [0.29, 0.717) is 0 Å². The van der Waals surface area contributed by atoms with Crippen LogP contribution < -0.4 is 69.3 Å². The number of hydrogen-bond donors (Lipinski definition) is 0. The number of aromatic nitrogens is 2. The fraction of sp³-hybridized carbons (Fsp3) is 0.545. The number of aromatic carboxylic acids is 2. The van der Waals surface area contributed by atoms with Crippen LogP contribution in [0.5, 0.6) is 0 Å². The minimum atomic E-state index is -1.65. The summed E-state index contributed by atoms with van der Waals surface area (Å²) >= 11 is 0. The second-order valence-corrected chi connectivity index (χ2v) is 4.67. The molecule has 9 heteroatoms. The quantitative estimate of drug-likeness (QED) is 0.500. The van der Waals surface area contributed by atoms with Gasteiger partial charge in [0.2, 0.25) is 0 Å². The van der Waals surface area contributed by atoms with Gasteiger partial charge in [-0.1, -0.05) is 0 Å². The Labute approximate surface area is 161 Å². The Morgan fingerprint density at radius 2 is 1.80 bits per heavy atom. The molecular formula is C11H14N2Na2O5. The van der Waals surface area contributed by atoms with Gasteiger partial charge in [0.1, 0.15) is 5.69 Å². The molecule has 1 heterocycles. The van der Waals surface area contributed by atoms with Gasteiger partial charge in [0.05, 0.1) is 36.2 Å². The van der Waals surface area contributed by atoms with Gasteiger partial charge in [-0.15, -0.1) is 0 Å². The molecule has 0 aliphatic rings. The van der Waals surface area contributed by atoms with Crippen molar-refractivity contribution in [3.8, 4) is 0 Å². The van der Waals surface area contributed by atoms with Crippen LogP contribution in [0.2, 0.25) is 0 Å². The Kier molecular flexibility index (Phi) is 10.3. The molecule has 1 aromatic rings. The molecule has 0 amide bonds. The summed E-state index contributed by atoms with van der Waals surface area (Å²) in [6.07, 6.45) is 1.11. The molecule has 0 aliphatic carbocycles. The SMILES string of the molecule is CC(C)(C)OCCn1cnc(C(=O)[O-])c1C(=O)[O-].[Na+].[Na+]. The maximum atomic E-state index is 10.9. The van der Waals surface area contributed by atoms with Crippen LogP contribution in [-0.4, -0.2) is 33.7 Å². The standard InChI is InChI=1S/C11H16N2O5.2Na/c1-11(2,3)18-5-4-13-6-12-7(9(14)15)8(13)10(16)17;;/h6H,4-5H2,1-3H3,(H,14,15)(H,16,17);;/q;2*+1/p-2. The number of carbonyl (C=O) groups is 2. The molecule has 0 saturated heterocycles. The summed E-state index contributed by atoms with van der Waals surface area (Å²) in [5.74, 6) is -3.26. The molecule has 0 aromatic carbocycles. The first kappa shape index (κ1) is 22.4. The van der Waals surface area contributed by atoms with E-state index in [9.17, 15) is 19.8 Å². The number of nitrogens with zero attached hydrogens (tertiary/aromatic N) is 2. The molecule has 7 nitrogen and oxygen atoms in total. The van der Waals surface area contributed by atoms with Gasteiger partial charge < -0.3 is 29.1 Å². The van der Waals surface area contributed by atoms with Crippen LogP contribution in [0.3, 0.4) is 0 Å². The average molecular weight is 300 g/mol. The molecule has 0 spiro atoms. The average Bonchev–Trinajstić information content (AvgIpc) is 2.59. The maximum Gasteiger partial charge on any atom is 1.00 e. The van der Waals surface area contributed by atoms with Gasteiger partial charge in [-0.05, 0) is 20.8 Å². The molecule has 0 N–H and O–H groups in total. The summed E-state index contributed by atoms with van der Waals surface area (Å²) in [7, 11) is 0. The number of hydrogen-bond acceptors (Lipinski definition) is 6. The molecule has 0 bridgehead atoms. The zero-order valence-electron chi connectivity index (χ0n) is 12.4. The van der Waals surface area contributed by atoms with Crippen LogP contribution in [0.4, 0.5) is 0 Å². The van der Waals surface area contributed by atoms with Crippen LogP contribution in [0, 0.1) is 0 Å². The second-order valence-electron chi connectivity index (χ2n) is 4.67. The Bertz CT molecular complexity index is 468. The van der Waals surface area contributed by atoms with Crippen molar-refractivity contribution >= 4 is 11.9 Å². The van der Waals surface area contributed by atoms with Gasteiger partial charge in [-0.25, -0.2) is 4.98 Å². The fourth-order valence-electron chi connectivity index (χ4n) is 1.37. The molecule has 1 aromatic heterocycles. The Morgan fingerprint density at radius 1 is 1.25 bits per heavy atom. The molecule has 0 unspecified atom stereocenters. The zero-order valence-corrected chi connectivity index (χ0v) is 16.4. The molecule has 0 saturated carbocycles. The van der Waals surface area contributed by atoms with E-state index >= 15 is 0 Å². The van der Waals surface area contributed by atoms with Crippen LogP contribution >= 0.6 is 0 Å². The molecule has 100 valence electrons. The second kappa shape index (κ2) is 9.19. The zero-order chi connectivity index (χ0) is 13.9. The van der Waals surface area contributed by atoms with Gasteiger partial charge in [0, 0.05) is 6.54 Å². The van der Waals surface area contributed by atoms with E-state index in [4.69, 9.17) is 4.74 Å². The van der Waals surface area contributed by atoms with Crippen molar-refractivity contribution in [1.82, 2.24) is 9.55 Å². The van der Waals surface area contributed by atoms with Gasteiger partial charge in [-0.2, -0.15) is 0 Å². The first-order chi connectivity index (χ1) is 8.22. The normalized spacial score (nSPS) is 10.3. The topological polar surface area (TPSA) is 107 Å². The van der Waals surface area contributed by atoms with Crippen molar-refractivity contribution < 1.29 is 83.7 Å². The van der Waals surface area contributed by atoms with Crippen LogP contribution in [-0.2, 0) is 11.3 Å². The third-order valence-corrected chi connectivity index (χ3v) is 2.09. The van der Waals surface area contributed by atoms with Gasteiger partial charge in [-0.3, -0.25) is 0 Å². The summed E-state index contributed by atoms with van der Waals surface area (Å²) in [6, 6.07) is 0. The van der Waals surface area contributed by atoms with Crippen LogP contribution in [0.1, 0.15) is 41.7 Å². The monoisotopic (exact) mass is 300 g/mol. The third-order valence-electron chi connectivity index (χ3n) is 2.09. The van der Waals surface area contributed by atoms with E-state index < -0.39 is 23.3 Å². The molecule has 1 rings (SSSR count). The van der Waals surface area contributed by atoms with Crippen molar-refractivity contribution in [2.75, 3.05) is 6.61 Å². The van der Waals surface area contributed by atoms with Crippen molar-refractivity contribution in [3.63, 3.8) is 0 Å². The number of ether oxygens (including phenoxy) is 1. The molecule has 0 fully saturated rings. The van der Waals surface area contributed by atoms with Crippen molar-refractivity contribution in [1.29, 1.82) is 0 Å². The molecule has 0 aliphatic heterocycles. The Balaban J connectivity index is 0. The predicted octanol–water partition coefficient (Wildman–Crippen LogP) is -7.57. The Hall–Kier alpha value is 0.110. The van der Waals surface area contributed by atoms with Crippen molar-refractivity contribution in [2.24, 2.45) is 0 Å². The molecule has 0 atom stereocenters. The number of carboxylic acids is 2. The smallest absolute Gasteiger partial charge is 0.543 e. The molecule has 20 heavy (non-hydrogen) atoms. The minimum absolute atomic E-state index is 0. The predicted molar refractivity (Wildman–Crippen MR) is 56.6 cm³/mol. The van der Waals surface area contributed by atoms with E-state index in [1.807, 2.05) is 20.8 Å². The van der Waals surface area contributed by atoms with E-state index in [0.717, 1.165) is 10.9 Å². The van der Waals surface area contributed by atoms with Crippen LogP contribution in [0.15, 0.2) is 6.33 Å². The first-order valence-corrected chi connectivity index (χ1v) is 5.34. The summed E-state index contributed by atoms with van der Waals surface area (Å²) in [5.41, 5.74) is -1.50. The largest absolute Gasteiger partial charge is 1.00 e. The van der Waals surface area contributed by atoms with Crippen molar-refractivity contribution in [2.45, 2.75) is 32.9 Å². The third kappa shape index (κ3) is 6.71. The van der Waals surface area contributed by atoms with E-state index in [2.05, 4.69) is 4.98 Å². The van der Waals surface area contributed by atoms with E-state index in [1.165, 1.54) is 0 Å². The molecule has 0 radical (unpaired) electrons.